The first kappa shape index (κ1) is 14.3. The molecule has 0 fully saturated rings. The second-order valence-electron chi connectivity index (χ2n) is 3.91. The summed E-state index contributed by atoms with van der Waals surface area (Å²) in [6.07, 6.45) is 0. The van der Waals surface area contributed by atoms with Crippen LogP contribution in [0.15, 0.2) is 51.4 Å². The Morgan fingerprint density at radius 3 is 2.26 bits per heavy atom. The van der Waals surface area contributed by atoms with Gasteiger partial charge in [0.2, 0.25) is 0 Å². The number of hydrogen-bond acceptors (Lipinski definition) is 2. The van der Waals surface area contributed by atoms with Crippen molar-refractivity contribution >= 4 is 37.6 Å². The second kappa shape index (κ2) is 6.35. The van der Waals surface area contributed by atoms with Crippen molar-refractivity contribution in [2.45, 2.75) is 6.92 Å². The molecule has 0 saturated carbocycles. The van der Waals surface area contributed by atoms with Gasteiger partial charge in [0.1, 0.15) is 5.75 Å². The van der Waals surface area contributed by atoms with Gasteiger partial charge in [0.25, 0.3) is 0 Å². The highest BCUT2D eigenvalue weighted by atomic mass is 79.9. The molecule has 19 heavy (non-hydrogen) atoms. The van der Waals surface area contributed by atoms with Crippen LogP contribution in [0.1, 0.15) is 22.8 Å². The van der Waals surface area contributed by atoms with Gasteiger partial charge in [-0.3, -0.25) is 4.79 Å². The number of benzene rings is 2. The molecule has 0 aliphatic heterocycles. The maximum absolute atomic E-state index is 12.3. The van der Waals surface area contributed by atoms with Crippen molar-refractivity contribution in [3.05, 3.63) is 62.5 Å². The van der Waals surface area contributed by atoms with Crippen LogP contribution in [0.3, 0.4) is 0 Å². The van der Waals surface area contributed by atoms with Crippen LogP contribution in [0.2, 0.25) is 0 Å². The zero-order valence-electron chi connectivity index (χ0n) is 10.3. The van der Waals surface area contributed by atoms with Crippen molar-refractivity contribution < 1.29 is 9.53 Å². The van der Waals surface area contributed by atoms with Gasteiger partial charge >= 0.3 is 0 Å². The van der Waals surface area contributed by atoms with Crippen molar-refractivity contribution in [2.75, 3.05) is 6.61 Å². The molecule has 0 amide bonds. The Balaban J connectivity index is 2.29. The largest absolute Gasteiger partial charge is 0.493 e. The fourth-order valence-electron chi connectivity index (χ4n) is 1.68. The minimum Gasteiger partial charge on any atom is -0.493 e. The van der Waals surface area contributed by atoms with Crippen LogP contribution >= 0.6 is 31.9 Å². The summed E-state index contributed by atoms with van der Waals surface area (Å²) in [6.45, 7) is 2.52. The van der Waals surface area contributed by atoms with Crippen LogP contribution in [-0.4, -0.2) is 12.4 Å². The number of ketones is 1. The summed E-state index contributed by atoms with van der Waals surface area (Å²) in [6, 6.07) is 12.7. The fourth-order valence-corrected chi connectivity index (χ4v) is 2.44. The molecule has 2 aromatic rings. The minimum atomic E-state index is -0.00347. The molecular weight excluding hydrogens is 372 g/mol. The highest BCUT2D eigenvalue weighted by Gasteiger charge is 2.11. The van der Waals surface area contributed by atoms with E-state index in [1.54, 1.807) is 30.3 Å². The molecule has 0 aromatic heterocycles. The first-order valence-corrected chi connectivity index (χ1v) is 7.43. The van der Waals surface area contributed by atoms with E-state index in [-0.39, 0.29) is 5.78 Å². The van der Waals surface area contributed by atoms with E-state index in [9.17, 15) is 4.79 Å². The van der Waals surface area contributed by atoms with Crippen molar-refractivity contribution in [1.29, 1.82) is 0 Å². The molecule has 0 heterocycles. The summed E-state index contributed by atoms with van der Waals surface area (Å²) < 4.78 is 7.17. The van der Waals surface area contributed by atoms with Crippen LogP contribution in [0.4, 0.5) is 0 Å². The lowest BCUT2D eigenvalue weighted by atomic mass is 10.0. The number of rotatable bonds is 4. The van der Waals surface area contributed by atoms with Crippen molar-refractivity contribution in [3.63, 3.8) is 0 Å². The van der Waals surface area contributed by atoms with Gasteiger partial charge in [0.05, 0.1) is 11.1 Å². The Labute approximate surface area is 129 Å². The third-order valence-corrected chi connectivity index (χ3v) is 3.75. The molecule has 0 unspecified atom stereocenters. The topological polar surface area (TPSA) is 26.3 Å². The maximum atomic E-state index is 12.3. The average Bonchev–Trinajstić information content (AvgIpc) is 2.41. The molecule has 0 bridgehead atoms. The zero-order chi connectivity index (χ0) is 13.8. The van der Waals surface area contributed by atoms with Gasteiger partial charge in [0.15, 0.2) is 5.78 Å². The lowest BCUT2D eigenvalue weighted by molar-refractivity contribution is 0.103. The minimum absolute atomic E-state index is 0.00347. The van der Waals surface area contributed by atoms with E-state index in [1.807, 2.05) is 19.1 Å². The van der Waals surface area contributed by atoms with E-state index in [4.69, 9.17) is 4.74 Å². The molecule has 2 nitrogen and oxygen atoms in total. The summed E-state index contributed by atoms with van der Waals surface area (Å²) in [5, 5.41) is 0. The first-order valence-electron chi connectivity index (χ1n) is 5.84. The van der Waals surface area contributed by atoms with E-state index in [2.05, 4.69) is 31.9 Å². The molecule has 0 aliphatic carbocycles. The number of halogens is 2. The number of carbonyl (C=O) groups is 1. The average molecular weight is 384 g/mol. The van der Waals surface area contributed by atoms with Crippen LogP contribution in [0.25, 0.3) is 0 Å². The third-order valence-electron chi connectivity index (χ3n) is 2.60. The molecule has 0 N–H and O–H groups in total. The molecule has 0 aliphatic rings. The molecule has 2 rings (SSSR count). The van der Waals surface area contributed by atoms with Crippen LogP contribution in [0.5, 0.6) is 5.75 Å². The van der Waals surface area contributed by atoms with Crippen LogP contribution < -0.4 is 4.74 Å². The molecule has 0 radical (unpaired) electrons. The number of hydrogen-bond donors (Lipinski definition) is 0. The summed E-state index contributed by atoms with van der Waals surface area (Å²) >= 11 is 6.77. The maximum Gasteiger partial charge on any atom is 0.193 e. The zero-order valence-corrected chi connectivity index (χ0v) is 13.5. The highest BCUT2D eigenvalue weighted by Crippen LogP contribution is 2.27. The van der Waals surface area contributed by atoms with Crippen molar-refractivity contribution in [3.8, 4) is 5.75 Å². The normalized spacial score (nSPS) is 10.3. The molecular formula is C15H12Br2O2. The fraction of sp³-hybridized carbons (Fsp3) is 0.133. The Morgan fingerprint density at radius 2 is 1.68 bits per heavy atom. The number of carbonyl (C=O) groups excluding carboxylic acids is 1. The predicted molar refractivity (Wildman–Crippen MR) is 82.9 cm³/mol. The molecule has 0 atom stereocenters. The summed E-state index contributed by atoms with van der Waals surface area (Å²) in [7, 11) is 0. The second-order valence-corrected chi connectivity index (χ2v) is 5.68. The summed E-state index contributed by atoms with van der Waals surface area (Å²) in [4.78, 5) is 12.3. The van der Waals surface area contributed by atoms with E-state index in [1.165, 1.54) is 0 Å². The lowest BCUT2D eigenvalue weighted by Gasteiger charge is -2.07. The van der Waals surface area contributed by atoms with E-state index in [0.29, 0.717) is 17.7 Å². The number of ether oxygens (including phenoxy) is 1. The van der Waals surface area contributed by atoms with Gasteiger partial charge in [-0.1, -0.05) is 15.9 Å². The van der Waals surface area contributed by atoms with Crippen LogP contribution in [0, 0.1) is 0 Å². The Kier molecular flexibility index (Phi) is 4.77. The standard InChI is InChI=1S/C15H12Br2O2/c1-2-19-14-8-5-11(9-13(14)17)15(18)10-3-6-12(16)7-4-10/h3-9H,2H2,1H3. The third kappa shape index (κ3) is 3.45. The molecule has 0 saturated heterocycles. The van der Waals surface area contributed by atoms with Gasteiger partial charge in [-0.15, -0.1) is 0 Å². The van der Waals surface area contributed by atoms with Crippen molar-refractivity contribution in [1.82, 2.24) is 0 Å². The van der Waals surface area contributed by atoms with Crippen LogP contribution in [-0.2, 0) is 0 Å². The predicted octanol–water partition coefficient (Wildman–Crippen LogP) is 4.84. The summed E-state index contributed by atoms with van der Waals surface area (Å²) in [5.41, 5.74) is 1.30. The molecule has 98 valence electrons. The quantitative estimate of drug-likeness (QED) is 0.706. The lowest BCUT2D eigenvalue weighted by Crippen LogP contribution is -2.02. The van der Waals surface area contributed by atoms with E-state index in [0.717, 1.165) is 14.7 Å². The first-order chi connectivity index (χ1) is 9.11. The van der Waals surface area contributed by atoms with Gasteiger partial charge in [-0.2, -0.15) is 0 Å². The SMILES string of the molecule is CCOc1ccc(C(=O)c2ccc(Br)cc2)cc1Br. The van der Waals surface area contributed by atoms with E-state index >= 15 is 0 Å². The summed E-state index contributed by atoms with van der Waals surface area (Å²) in [5.74, 6) is 0.742. The monoisotopic (exact) mass is 382 g/mol. The highest BCUT2D eigenvalue weighted by molar-refractivity contribution is 9.10. The van der Waals surface area contributed by atoms with Gasteiger partial charge in [-0.25, -0.2) is 0 Å². The molecule has 2 aromatic carbocycles. The smallest absolute Gasteiger partial charge is 0.193 e. The molecule has 4 heteroatoms. The Morgan fingerprint density at radius 1 is 1.05 bits per heavy atom. The van der Waals surface area contributed by atoms with Crippen molar-refractivity contribution in [2.24, 2.45) is 0 Å². The van der Waals surface area contributed by atoms with Gasteiger partial charge < -0.3 is 4.74 Å². The van der Waals surface area contributed by atoms with Gasteiger partial charge in [-0.05, 0) is 65.3 Å². The van der Waals surface area contributed by atoms with E-state index < -0.39 is 0 Å². The Bertz CT molecular complexity index is 592. The van der Waals surface area contributed by atoms with Gasteiger partial charge in [0, 0.05) is 15.6 Å². The molecule has 0 spiro atoms. The Hall–Kier alpha value is -1.13.